The number of hydrogen-bond donors (Lipinski definition) is 1. The number of hydrogen-bond acceptors (Lipinski definition) is 4. The Hall–Kier alpha value is -3.51. The smallest absolute Gasteiger partial charge is 0.254 e. The van der Waals surface area contributed by atoms with Crippen molar-refractivity contribution >= 4 is 11.8 Å². The molecule has 1 aromatic heterocycles. The minimum Gasteiger partial charge on any atom is -0.394 e. The van der Waals surface area contributed by atoms with Gasteiger partial charge >= 0.3 is 0 Å². The highest BCUT2D eigenvalue weighted by Crippen LogP contribution is 2.43. The lowest BCUT2D eigenvalue weighted by Crippen LogP contribution is -2.73. The lowest BCUT2D eigenvalue weighted by molar-refractivity contribution is -0.159. The molecule has 6 heteroatoms. The Morgan fingerprint density at radius 3 is 2.47 bits per heavy atom. The lowest BCUT2D eigenvalue weighted by Gasteiger charge is -2.58. The van der Waals surface area contributed by atoms with E-state index in [9.17, 15) is 14.7 Å². The van der Waals surface area contributed by atoms with Crippen LogP contribution < -0.4 is 0 Å². The molecule has 32 heavy (non-hydrogen) atoms. The summed E-state index contributed by atoms with van der Waals surface area (Å²) in [5.41, 5.74) is 5.14. The molecule has 2 aromatic carbocycles. The largest absolute Gasteiger partial charge is 0.394 e. The van der Waals surface area contributed by atoms with Crippen molar-refractivity contribution in [3.63, 3.8) is 0 Å². The molecule has 0 saturated carbocycles. The van der Waals surface area contributed by atoms with E-state index in [1.165, 1.54) is 11.1 Å². The second-order valence-corrected chi connectivity index (χ2v) is 8.50. The van der Waals surface area contributed by atoms with Gasteiger partial charge < -0.3 is 14.9 Å². The van der Waals surface area contributed by atoms with Gasteiger partial charge in [0.25, 0.3) is 5.91 Å². The van der Waals surface area contributed by atoms with E-state index in [1.54, 1.807) is 34.3 Å². The van der Waals surface area contributed by atoms with E-state index in [2.05, 4.69) is 48.3 Å². The predicted molar refractivity (Wildman–Crippen MR) is 121 cm³/mol. The zero-order valence-electron chi connectivity index (χ0n) is 17.9. The number of pyridine rings is 1. The maximum Gasteiger partial charge on any atom is 0.254 e. The second kappa shape index (κ2) is 8.20. The number of piperazine rings is 1. The standard InChI is InChI=1S/C26H25N3O3/c1-17-4-2-3-5-21(17)18-6-8-19(9-7-18)25-22-14-28(15-24(31)29(22)23(25)16-30)26(32)20-10-12-27-13-11-20/h2-13,22-23,25,30H,14-16H2,1H3/t22-,23-,25+/m1/s1. The Balaban J connectivity index is 1.40. The van der Waals surface area contributed by atoms with Crippen LogP contribution in [0.15, 0.2) is 73.1 Å². The first-order valence-corrected chi connectivity index (χ1v) is 10.9. The Morgan fingerprint density at radius 1 is 1.06 bits per heavy atom. The average molecular weight is 428 g/mol. The van der Waals surface area contributed by atoms with Gasteiger partial charge in [0.1, 0.15) is 6.54 Å². The van der Waals surface area contributed by atoms with Crippen LogP contribution in [0, 0.1) is 6.92 Å². The van der Waals surface area contributed by atoms with Gasteiger partial charge in [-0.3, -0.25) is 14.6 Å². The van der Waals surface area contributed by atoms with E-state index >= 15 is 0 Å². The molecule has 2 aliphatic heterocycles. The van der Waals surface area contributed by atoms with Crippen LogP contribution in [-0.2, 0) is 4.79 Å². The van der Waals surface area contributed by atoms with E-state index in [0.717, 1.165) is 11.1 Å². The van der Waals surface area contributed by atoms with Gasteiger partial charge in [-0.15, -0.1) is 0 Å². The third-order valence-corrected chi connectivity index (χ3v) is 6.72. The Kier molecular flexibility index (Phi) is 5.23. The first-order chi connectivity index (χ1) is 15.6. The minimum atomic E-state index is -0.255. The number of amides is 2. The number of carbonyl (C=O) groups excluding carboxylic acids is 2. The predicted octanol–water partition coefficient (Wildman–Crippen LogP) is 2.87. The van der Waals surface area contributed by atoms with Crippen LogP contribution in [-0.4, -0.2) is 63.5 Å². The Labute approximate surface area is 187 Å². The molecule has 2 saturated heterocycles. The molecule has 5 rings (SSSR count). The number of benzene rings is 2. The van der Waals surface area contributed by atoms with Crippen LogP contribution in [0.4, 0.5) is 0 Å². The molecule has 3 heterocycles. The van der Waals surface area contributed by atoms with Crippen LogP contribution in [0.5, 0.6) is 0 Å². The Morgan fingerprint density at radius 2 is 1.78 bits per heavy atom. The second-order valence-electron chi connectivity index (χ2n) is 8.50. The summed E-state index contributed by atoms with van der Waals surface area (Å²) in [7, 11) is 0. The van der Waals surface area contributed by atoms with Gasteiger partial charge in [0.15, 0.2) is 0 Å². The quantitative estimate of drug-likeness (QED) is 0.695. The van der Waals surface area contributed by atoms with Gasteiger partial charge in [-0.25, -0.2) is 0 Å². The molecule has 0 radical (unpaired) electrons. The van der Waals surface area contributed by atoms with E-state index in [0.29, 0.717) is 12.1 Å². The summed E-state index contributed by atoms with van der Waals surface area (Å²) in [6, 6.07) is 19.6. The highest BCUT2D eigenvalue weighted by molar-refractivity contribution is 5.97. The number of rotatable bonds is 4. The molecule has 6 nitrogen and oxygen atoms in total. The first-order valence-electron chi connectivity index (χ1n) is 10.9. The molecule has 0 aliphatic carbocycles. The maximum absolute atomic E-state index is 12.9. The molecule has 162 valence electrons. The molecule has 0 unspecified atom stereocenters. The fraction of sp³-hybridized carbons (Fsp3) is 0.269. The zero-order valence-corrected chi connectivity index (χ0v) is 17.9. The molecule has 2 aliphatic rings. The van der Waals surface area contributed by atoms with Crippen molar-refractivity contribution in [2.75, 3.05) is 19.7 Å². The number of aromatic nitrogens is 1. The summed E-state index contributed by atoms with van der Waals surface area (Å²) in [5, 5.41) is 10.0. The van der Waals surface area contributed by atoms with E-state index in [1.807, 2.05) is 12.1 Å². The molecule has 2 fully saturated rings. The summed E-state index contributed by atoms with van der Waals surface area (Å²) >= 11 is 0. The number of nitrogens with zero attached hydrogens (tertiary/aromatic N) is 3. The molecule has 3 aromatic rings. The highest BCUT2D eigenvalue weighted by atomic mass is 16.3. The van der Waals surface area contributed by atoms with Crippen LogP contribution in [0.25, 0.3) is 11.1 Å². The van der Waals surface area contributed by atoms with E-state index in [-0.39, 0.29) is 43.0 Å². The van der Waals surface area contributed by atoms with Crippen molar-refractivity contribution < 1.29 is 14.7 Å². The van der Waals surface area contributed by atoms with Crippen molar-refractivity contribution in [1.82, 2.24) is 14.8 Å². The summed E-state index contributed by atoms with van der Waals surface area (Å²) in [6.07, 6.45) is 3.16. The van der Waals surface area contributed by atoms with Gasteiger partial charge in [0, 0.05) is 30.4 Å². The third kappa shape index (κ3) is 3.37. The zero-order chi connectivity index (χ0) is 22.2. The van der Waals surface area contributed by atoms with E-state index in [4.69, 9.17) is 0 Å². The number of aryl methyl sites for hydroxylation is 1. The van der Waals surface area contributed by atoms with Gasteiger partial charge in [-0.1, -0.05) is 48.5 Å². The SMILES string of the molecule is Cc1ccccc1-c1ccc([C@@H]2[C@@H](CO)N3C(=O)CN(C(=O)c4ccncc4)C[C@H]23)cc1. The highest BCUT2D eigenvalue weighted by Gasteiger charge is 2.54. The minimum absolute atomic E-state index is 0.0112. The van der Waals surface area contributed by atoms with Crippen molar-refractivity contribution in [2.24, 2.45) is 0 Å². The summed E-state index contributed by atoms with van der Waals surface area (Å²) in [5.74, 6) is -0.292. The van der Waals surface area contributed by atoms with Crippen LogP contribution in [0.1, 0.15) is 27.4 Å². The molecule has 3 atom stereocenters. The van der Waals surface area contributed by atoms with Crippen molar-refractivity contribution in [3.8, 4) is 11.1 Å². The molecule has 2 amide bonds. The van der Waals surface area contributed by atoms with Crippen LogP contribution >= 0.6 is 0 Å². The van der Waals surface area contributed by atoms with Gasteiger partial charge in [-0.2, -0.15) is 0 Å². The fourth-order valence-electron chi connectivity index (χ4n) is 5.11. The van der Waals surface area contributed by atoms with Gasteiger partial charge in [0.2, 0.25) is 5.91 Å². The maximum atomic E-state index is 12.9. The molecule has 0 spiro atoms. The molecular weight excluding hydrogens is 402 g/mol. The summed E-state index contributed by atoms with van der Waals surface area (Å²) < 4.78 is 0. The molecular formula is C26H25N3O3. The van der Waals surface area contributed by atoms with Gasteiger partial charge in [-0.05, 0) is 41.3 Å². The van der Waals surface area contributed by atoms with Crippen LogP contribution in [0.3, 0.4) is 0 Å². The lowest BCUT2D eigenvalue weighted by atomic mass is 9.73. The van der Waals surface area contributed by atoms with E-state index < -0.39 is 0 Å². The molecule has 0 bridgehead atoms. The number of aliphatic hydroxyl groups is 1. The normalized spacial score (nSPS) is 22.3. The number of carbonyl (C=O) groups is 2. The third-order valence-electron chi connectivity index (χ3n) is 6.72. The van der Waals surface area contributed by atoms with Crippen molar-refractivity contribution in [3.05, 3.63) is 89.7 Å². The molecule has 1 N–H and O–H groups in total. The van der Waals surface area contributed by atoms with Crippen LogP contribution in [0.2, 0.25) is 0 Å². The summed E-state index contributed by atoms with van der Waals surface area (Å²) in [6.45, 7) is 2.49. The first kappa shape index (κ1) is 20.4. The number of fused-ring (bicyclic) bond motifs is 1. The summed E-state index contributed by atoms with van der Waals surface area (Å²) in [4.78, 5) is 33.1. The Bertz CT molecular complexity index is 1150. The fourth-order valence-corrected chi connectivity index (χ4v) is 5.11. The van der Waals surface area contributed by atoms with Gasteiger partial charge in [0.05, 0.1) is 18.7 Å². The van der Waals surface area contributed by atoms with Crippen molar-refractivity contribution in [1.29, 1.82) is 0 Å². The monoisotopic (exact) mass is 427 g/mol. The topological polar surface area (TPSA) is 73.7 Å². The van der Waals surface area contributed by atoms with Crippen molar-refractivity contribution in [2.45, 2.75) is 24.9 Å². The number of aliphatic hydroxyl groups excluding tert-OH is 1. The average Bonchev–Trinajstić information content (AvgIpc) is 2.81.